The summed E-state index contributed by atoms with van der Waals surface area (Å²) in [6.07, 6.45) is 0. The Labute approximate surface area is 118 Å². The average molecular weight is 288 g/mol. The molecular formula is C15H15NO3P+. The number of hydrogen-bond donors (Lipinski definition) is 0. The summed E-state index contributed by atoms with van der Waals surface area (Å²) in [4.78, 5) is 0. The highest BCUT2D eigenvalue weighted by atomic mass is 31.2. The Bertz CT molecular complexity index is 595. The standard InChI is InChI=1S/C15H15NO3P/c1-2-6-13(7-3-1)12-16-10-11-17-20(16)18-14-8-4-5-9-15(14)19-20/h1-9H,10-12H2/q+1. The van der Waals surface area contributed by atoms with Crippen molar-refractivity contribution < 1.29 is 13.6 Å². The second kappa shape index (κ2) is 4.74. The lowest BCUT2D eigenvalue weighted by molar-refractivity contribution is 0.290. The molecule has 0 saturated carbocycles. The van der Waals surface area contributed by atoms with Gasteiger partial charge in [-0.2, -0.15) is 0 Å². The topological polar surface area (TPSA) is 30.9 Å². The van der Waals surface area contributed by atoms with Gasteiger partial charge in [-0.15, -0.1) is 4.52 Å². The molecule has 5 heteroatoms. The minimum atomic E-state index is -2.42. The van der Waals surface area contributed by atoms with Crippen LogP contribution >= 0.6 is 8.09 Å². The fraction of sp³-hybridized carbons (Fsp3) is 0.200. The van der Waals surface area contributed by atoms with Crippen LogP contribution < -0.4 is 9.05 Å². The van der Waals surface area contributed by atoms with Gasteiger partial charge in [-0.1, -0.05) is 47.1 Å². The number of hydrogen-bond acceptors (Lipinski definition) is 4. The van der Waals surface area contributed by atoms with Crippen molar-refractivity contribution in [2.75, 3.05) is 13.2 Å². The van der Waals surface area contributed by atoms with Gasteiger partial charge < -0.3 is 0 Å². The smallest absolute Gasteiger partial charge is 0.259 e. The van der Waals surface area contributed by atoms with E-state index in [1.165, 1.54) is 5.56 Å². The van der Waals surface area contributed by atoms with E-state index in [1.54, 1.807) is 0 Å². The summed E-state index contributed by atoms with van der Waals surface area (Å²) >= 11 is 0. The molecule has 2 aromatic carbocycles. The van der Waals surface area contributed by atoms with Gasteiger partial charge in [0, 0.05) is 0 Å². The zero-order valence-electron chi connectivity index (χ0n) is 10.9. The van der Waals surface area contributed by atoms with Crippen molar-refractivity contribution in [3.05, 3.63) is 60.2 Å². The Morgan fingerprint density at radius 2 is 1.55 bits per heavy atom. The molecule has 2 aromatic rings. The van der Waals surface area contributed by atoms with Gasteiger partial charge in [-0.25, -0.2) is 0 Å². The quantitative estimate of drug-likeness (QED) is 0.789. The van der Waals surface area contributed by atoms with E-state index in [9.17, 15) is 0 Å². The lowest BCUT2D eigenvalue weighted by atomic mass is 10.2. The molecule has 2 aliphatic heterocycles. The van der Waals surface area contributed by atoms with Crippen molar-refractivity contribution in [1.82, 2.24) is 4.67 Å². The third-order valence-electron chi connectivity index (χ3n) is 3.43. The minimum absolute atomic E-state index is 0.647. The average Bonchev–Trinajstić information content (AvgIpc) is 3.04. The molecule has 4 rings (SSSR count). The largest absolute Gasteiger partial charge is 0.595 e. The van der Waals surface area contributed by atoms with Crippen molar-refractivity contribution in [2.24, 2.45) is 0 Å². The molecule has 0 atom stereocenters. The third-order valence-corrected chi connectivity index (χ3v) is 5.83. The van der Waals surface area contributed by atoms with Gasteiger partial charge in [0.1, 0.15) is 6.61 Å². The molecular weight excluding hydrogens is 273 g/mol. The van der Waals surface area contributed by atoms with Crippen molar-refractivity contribution in [1.29, 1.82) is 0 Å². The molecule has 0 aromatic heterocycles. The monoisotopic (exact) mass is 288 g/mol. The first-order valence-electron chi connectivity index (χ1n) is 6.67. The summed E-state index contributed by atoms with van der Waals surface area (Å²) < 4.78 is 20.1. The number of nitrogens with zero attached hydrogens (tertiary/aromatic N) is 1. The first kappa shape index (κ1) is 12.2. The normalized spacial score (nSPS) is 19.6. The van der Waals surface area contributed by atoms with Gasteiger partial charge in [-0.05, 0) is 17.7 Å². The number of rotatable bonds is 2. The van der Waals surface area contributed by atoms with Crippen LogP contribution in [0.5, 0.6) is 11.5 Å². The van der Waals surface area contributed by atoms with Crippen molar-refractivity contribution in [2.45, 2.75) is 6.54 Å². The van der Waals surface area contributed by atoms with E-state index >= 15 is 0 Å². The molecule has 102 valence electrons. The second-order valence-corrected chi connectivity index (χ2v) is 6.93. The van der Waals surface area contributed by atoms with E-state index in [0.29, 0.717) is 6.61 Å². The number of para-hydroxylation sites is 2. The van der Waals surface area contributed by atoms with Crippen molar-refractivity contribution >= 4 is 8.09 Å². The molecule has 20 heavy (non-hydrogen) atoms. The van der Waals surface area contributed by atoms with Gasteiger partial charge in [-0.3, -0.25) is 9.05 Å². The fourth-order valence-corrected chi connectivity index (χ4v) is 4.77. The van der Waals surface area contributed by atoms with Gasteiger partial charge in [0.2, 0.25) is 11.5 Å². The van der Waals surface area contributed by atoms with Crippen molar-refractivity contribution in [3.63, 3.8) is 0 Å². The fourth-order valence-electron chi connectivity index (χ4n) is 2.46. The first-order valence-corrected chi connectivity index (χ1v) is 8.16. The zero-order valence-corrected chi connectivity index (χ0v) is 11.8. The summed E-state index contributed by atoms with van der Waals surface area (Å²) in [5.74, 6) is 1.56. The maximum Gasteiger partial charge on any atom is 0.595 e. The lowest BCUT2D eigenvalue weighted by Crippen LogP contribution is -2.23. The maximum absolute atomic E-state index is 6.03. The van der Waals surface area contributed by atoms with E-state index < -0.39 is 8.09 Å². The highest BCUT2D eigenvalue weighted by Gasteiger charge is 2.64. The second-order valence-electron chi connectivity index (χ2n) is 4.80. The third kappa shape index (κ3) is 1.97. The van der Waals surface area contributed by atoms with Crippen LogP contribution in [-0.4, -0.2) is 17.8 Å². The highest BCUT2D eigenvalue weighted by molar-refractivity contribution is 7.60. The molecule has 0 bridgehead atoms. The van der Waals surface area contributed by atoms with Gasteiger partial charge in [0.25, 0.3) is 0 Å². The van der Waals surface area contributed by atoms with E-state index in [1.807, 2.05) is 42.5 Å². The summed E-state index contributed by atoms with van der Waals surface area (Å²) in [6.45, 7) is 2.26. The van der Waals surface area contributed by atoms with E-state index in [0.717, 1.165) is 24.6 Å². The van der Waals surface area contributed by atoms with Crippen LogP contribution in [0, 0.1) is 0 Å². The van der Waals surface area contributed by atoms with Crippen LogP contribution in [0.3, 0.4) is 0 Å². The predicted octanol–water partition coefficient (Wildman–Crippen LogP) is 3.67. The van der Waals surface area contributed by atoms with Crippen LogP contribution in [0.1, 0.15) is 5.56 Å². The molecule has 1 fully saturated rings. The van der Waals surface area contributed by atoms with Crippen molar-refractivity contribution in [3.8, 4) is 11.5 Å². The Morgan fingerprint density at radius 3 is 2.25 bits per heavy atom. The Kier molecular flexibility index (Phi) is 2.88. The van der Waals surface area contributed by atoms with Crippen LogP contribution in [0.15, 0.2) is 54.6 Å². The van der Waals surface area contributed by atoms with Crippen LogP contribution in [0.2, 0.25) is 0 Å². The summed E-state index contributed by atoms with van der Waals surface area (Å²) in [5, 5.41) is 0. The summed E-state index contributed by atoms with van der Waals surface area (Å²) in [7, 11) is -2.42. The summed E-state index contributed by atoms with van der Waals surface area (Å²) in [6, 6.07) is 18.1. The molecule has 0 unspecified atom stereocenters. The zero-order chi connectivity index (χ0) is 13.4. The lowest BCUT2D eigenvalue weighted by Gasteiger charge is -2.18. The van der Waals surface area contributed by atoms with E-state index in [2.05, 4.69) is 16.8 Å². The Hall–Kier alpha value is -1.61. The molecule has 2 heterocycles. The molecule has 0 aliphatic carbocycles. The maximum atomic E-state index is 6.03. The SMILES string of the molecule is c1ccc(CN2CCO[P+]23Oc2ccccc2O3)cc1. The molecule has 2 aliphatic rings. The summed E-state index contributed by atoms with van der Waals surface area (Å²) in [5.41, 5.74) is 1.24. The van der Waals surface area contributed by atoms with Gasteiger partial charge >= 0.3 is 8.09 Å². The van der Waals surface area contributed by atoms with Crippen LogP contribution in [0.4, 0.5) is 0 Å². The number of fused-ring (bicyclic) bond motifs is 1. The Morgan fingerprint density at radius 1 is 0.900 bits per heavy atom. The van der Waals surface area contributed by atoms with Gasteiger partial charge in [0.05, 0.1) is 13.1 Å². The first-order chi connectivity index (χ1) is 9.86. The van der Waals surface area contributed by atoms with E-state index in [4.69, 9.17) is 13.6 Å². The van der Waals surface area contributed by atoms with E-state index in [-0.39, 0.29) is 0 Å². The molecule has 1 spiro atoms. The molecule has 0 radical (unpaired) electrons. The molecule has 0 N–H and O–H groups in total. The minimum Gasteiger partial charge on any atom is -0.259 e. The molecule has 1 saturated heterocycles. The molecule has 0 amide bonds. The predicted molar refractivity (Wildman–Crippen MR) is 77.4 cm³/mol. The highest BCUT2D eigenvalue weighted by Crippen LogP contribution is 2.72. The van der Waals surface area contributed by atoms with Crippen LogP contribution in [-0.2, 0) is 11.1 Å². The van der Waals surface area contributed by atoms with Crippen LogP contribution in [0.25, 0.3) is 0 Å². The van der Waals surface area contributed by atoms with Gasteiger partial charge in [0.15, 0.2) is 0 Å². The Balaban J connectivity index is 1.60. The number of benzene rings is 2. The molecule has 4 nitrogen and oxygen atoms in total.